The average Bonchev–Trinajstić information content (AvgIpc) is 3.04. The molecule has 262 valence electrons. The van der Waals surface area contributed by atoms with Crippen LogP contribution in [0.15, 0.2) is 42.6 Å². The highest BCUT2D eigenvalue weighted by Gasteiger charge is 2.53. The number of rotatable bonds is 11. The van der Waals surface area contributed by atoms with Crippen LogP contribution in [0, 0.1) is 5.41 Å². The SMILES string of the molecule is CCC[C@H]1N(C(=O)c2ncccc2C(F)(F)F)CCC[C@@]1(O)C(=O)N1CCC(O)(c2ccccc2OCCCC2(C(=O)O)CCC2)CC1. The van der Waals surface area contributed by atoms with Crippen molar-refractivity contribution in [2.45, 2.75) is 101 Å². The number of carboxylic acid groups (broad SMARTS) is 1. The number of nitrogens with zero attached hydrogens (tertiary/aromatic N) is 3. The first-order chi connectivity index (χ1) is 22.8. The van der Waals surface area contributed by atoms with Crippen molar-refractivity contribution >= 4 is 17.8 Å². The number of aliphatic carboxylic acids is 1. The molecule has 1 aliphatic carbocycles. The summed E-state index contributed by atoms with van der Waals surface area (Å²) < 4.78 is 47.3. The number of benzene rings is 1. The van der Waals surface area contributed by atoms with Crippen LogP contribution in [0.3, 0.4) is 0 Å². The number of aliphatic hydroxyl groups is 2. The molecule has 3 aliphatic rings. The zero-order valence-corrected chi connectivity index (χ0v) is 27.2. The van der Waals surface area contributed by atoms with Gasteiger partial charge in [-0.25, -0.2) is 0 Å². The van der Waals surface area contributed by atoms with E-state index in [4.69, 9.17) is 4.74 Å². The fraction of sp³-hybridized carbons (Fsp3) is 0.600. The third-order valence-corrected chi connectivity index (χ3v) is 10.5. The largest absolute Gasteiger partial charge is 0.493 e. The molecule has 2 amide bonds. The number of carbonyl (C=O) groups is 3. The molecule has 0 spiro atoms. The summed E-state index contributed by atoms with van der Waals surface area (Å²) in [5.41, 5.74) is -5.42. The Morgan fingerprint density at radius 2 is 1.69 bits per heavy atom. The Balaban J connectivity index is 1.27. The minimum absolute atomic E-state index is 0.0369. The lowest BCUT2D eigenvalue weighted by Crippen LogP contribution is -2.66. The van der Waals surface area contributed by atoms with Gasteiger partial charge < -0.3 is 29.9 Å². The molecule has 0 bridgehead atoms. The van der Waals surface area contributed by atoms with Crippen molar-refractivity contribution in [3.8, 4) is 5.75 Å². The number of pyridine rings is 1. The number of amides is 2. The number of carbonyl (C=O) groups excluding carboxylic acids is 2. The van der Waals surface area contributed by atoms with Gasteiger partial charge in [-0.15, -0.1) is 0 Å². The number of hydrogen-bond acceptors (Lipinski definition) is 7. The van der Waals surface area contributed by atoms with Crippen LogP contribution in [-0.4, -0.2) is 85.8 Å². The Bertz CT molecular complexity index is 1490. The van der Waals surface area contributed by atoms with Gasteiger partial charge in [0.1, 0.15) is 11.4 Å². The molecule has 48 heavy (non-hydrogen) atoms. The molecular weight excluding hydrogens is 631 g/mol. The lowest BCUT2D eigenvalue weighted by atomic mass is 9.66. The molecule has 5 rings (SSSR count). The summed E-state index contributed by atoms with van der Waals surface area (Å²) >= 11 is 0. The third kappa shape index (κ3) is 6.89. The van der Waals surface area contributed by atoms with Crippen molar-refractivity contribution in [3.05, 3.63) is 59.4 Å². The predicted molar refractivity (Wildman–Crippen MR) is 168 cm³/mol. The first kappa shape index (κ1) is 35.6. The van der Waals surface area contributed by atoms with Crippen molar-refractivity contribution < 1.29 is 47.6 Å². The molecule has 0 unspecified atom stereocenters. The lowest BCUT2D eigenvalue weighted by Gasteiger charge is -2.49. The fourth-order valence-corrected chi connectivity index (χ4v) is 7.57. The minimum atomic E-state index is -4.81. The number of hydrogen-bond donors (Lipinski definition) is 3. The summed E-state index contributed by atoms with van der Waals surface area (Å²) in [5, 5.41) is 33.3. The fourth-order valence-electron chi connectivity index (χ4n) is 7.57. The number of halogens is 3. The van der Waals surface area contributed by atoms with Gasteiger partial charge in [0.15, 0.2) is 5.60 Å². The van der Waals surface area contributed by atoms with Gasteiger partial charge in [-0.05, 0) is 76.0 Å². The summed E-state index contributed by atoms with van der Waals surface area (Å²) in [6.07, 6.45) is 0.789. The Morgan fingerprint density at radius 3 is 2.31 bits per heavy atom. The number of piperidine rings is 2. The number of alkyl halides is 3. The molecule has 2 aliphatic heterocycles. The van der Waals surface area contributed by atoms with E-state index in [0.29, 0.717) is 43.4 Å². The summed E-state index contributed by atoms with van der Waals surface area (Å²) in [6.45, 7) is 2.36. The van der Waals surface area contributed by atoms with E-state index in [1.807, 2.05) is 6.92 Å². The summed E-state index contributed by atoms with van der Waals surface area (Å²) in [5.74, 6) is -1.89. The predicted octanol–water partition coefficient (Wildman–Crippen LogP) is 5.16. The number of aromatic nitrogens is 1. The topological polar surface area (TPSA) is 140 Å². The van der Waals surface area contributed by atoms with Gasteiger partial charge in [0.25, 0.3) is 11.8 Å². The van der Waals surface area contributed by atoms with Crippen LogP contribution in [-0.2, 0) is 21.4 Å². The van der Waals surface area contributed by atoms with E-state index >= 15 is 0 Å². The quantitative estimate of drug-likeness (QED) is 0.278. The maximum Gasteiger partial charge on any atom is 0.418 e. The minimum Gasteiger partial charge on any atom is -0.493 e. The molecular formula is C35H44F3N3O7. The van der Waals surface area contributed by atoms with E-state index in [2.05, 4.69) is 4.98 Å². The van der Waals surface area contributed by atoms with E-state index in [0.717, 1.165) is 24.8 Å². The Morgan fingerprint density at radius 1 is 0.979 bits per heavy atom. The van der Waals surface area contributed by atoms with Crippen molar-refractivity contribution in [1.29, 1.82) is 0 Å². The molecule has 10 nitrogen and oxygen atoms in total. The zero-order chi connectivity index (χ0) is 34.7. The van der Waals surface area contributed by atoms with Crippen LogP contribution in [0.4, 0.5) is 13.2 Å². The lowest BCUT2D eigenvalue weighted by molar-refractivity contribution is -0.168. The van der Waals surface area contributed by atoms with Crippen LogP contribution in [0.5, 0.6) is 5.75 Å². The van der Waals surface area contributed by atoms with Crippen molar-refractivity contribution in [2.24, 2.45) is 5.41 Å². The molecule has 3 heterocycles. The molecule has 2 aromatic rings. The summed E-state index contributed by atoms with van der Waals surface area (Å²) in [6, 6.07) is 7.91. The highest BCUT2D eigenvalue weighted by Crippen LogP contribution is 2.45. The van der Waals surface area contributed by atoms with Gasteiger partial charge in [0.05, 0.1) is 29.2 Å². The second-order valence-corrected chi connectivity index (χ2v) is 13.4. The standard InChI is InChI=1S/C35H44F3N3O7/c1-2-9-27-34(47,16-7-20-41(27)29(42)28-25(35(36,37)38)11-5-19-39-28)30(43)40-21-17-33(46,18-22-40)24-10-3-4-12-26(24)48-23-8-15-32(31(44)45)13-6-14-32/h3-5,10-12,19,27,46-47H,2,6-9,13-18,20-23H2,1H3,(H,44,45)/t27-,34+/m1/s1. The normalized spacial score (nSPS) is 23.7. The van der Waals surface area contributed by atoms with Crippen LogP contribution in [0.25, 0.3) is 0 Å². The monoisotopic (exact) mass is 675 g/mol. The van der Waals surface area contributed by atoms with E-state index in [1.165, 1.54) is 9.80 Å². The second kappa shape index (κ2) is 14.0. The van der Waals surface area contributed by atoms with E-state index in [1.54, 1.807) is 24.3 Å². The smallest absolute Gasteiger partial charge is 0.418 e. The molecule has 1 aromatic heterocycles. The Labute approximate surface area is 277 Å². The number of likely N-dealkylation sites (tertiary alicyclic amines) is 2. The molecule has 3 fully saturated rings. The van der Waals surface area contributed by atoms with Gasteiger partial charge in [0, 0.05) is 31.4 Å². The van der Waals surface area contributed by atoms with E-state index in [9.17, 15) is 42.9 Å². The summed E-state index contributed by atoms with van der Waals surface area (Å²) in [7, 11) is 0. The first-order valence-electron chi connectivity index (χ1n) is 16.8. The highest BCUT2D eigenvalue weighted by molar-refractivity contribution is 5.95. The molecule has 0 radical (unpaired) electrons. The summed E-state index contributed by atoms with van der Waals surface area (Å²) in [4.78, 5) is 45.7. The van der Waals surface area contributed by atoms with Gasteiger partial charge >= 0.3 is 12.1 Å². The van der Waals surface area contributed by atoms with E-state index in [-0.39, 0.29) is 58.3 Å². The number of ether oxygens (including phenoxy) is 1. The molecule has 1 aromatic carbocycles. The van der Waals surface area contributed by atoms with Gasteiger partial charge in [-0.3, -0.25) is 19.4 Å². The third-order valence-electron chi connectivity index (χ3n) is 10.5. The van der Waals surface area contributed by atoms with Crippen molar-refractivity contribution in [3.63, 3.8) is 0 Å². The first-order valence-corrected chi connectivity index (χ1v) is 16.8. The van der Waals surface area contributed by atoms with Gasteiger partial charge in [-0.2, -0.15) is 13.2 Å². The second-order valence-electron chi connectivity index (χ2n) is 13.4. The van der Waals surface area contributed by atoms with E-state index < -0.39 is 57.9 Å². The molecule has 1 saturated carbocycles. The van der Waals surface area contributed by atoms with Gasteiger partial charge in [0.2, 0.25) is 0 Å². The highest BCUT2D eigenvalue weighted by atomic mass is 19.4. The van der Waals surface area contributed by atoms with Crippen LogP contribution >= 0.6 is 0 Å². The Hall–Kier alpha value is -3.71. The van der Waals surface area contributed by atoms with Gasteiger partial charge in [-0.1, -0.05) is 38.0 Å². The molecule has 2 atom stereocenters. The number of carboxylic acids is 1. The maximum absolute atomic E-state index is 14.0. The maximum atomic E-state index is 14.0. The van der Waals surface area contributed by atoms with Crippen molar-refractivity contribution in [2.75, 3.05) is 26.2 Å². The van der Waals surface area contributed by atoms with Crippen LogP contribution in [0.1, 0.15) is 99.2 Å². The van der Waals surface area contributed by atoms with Crippen LogP contribution < -0.4 is 4.74 Å². The Kier molecular flexibility index (Phi) is 10.4. The molecule has 3 N–H and O–H groups in total. The van der Waals surface area contributed by atoms with Crippen molar-refractivity contribution in [1.82, 2.24) is 14.8 Å². The molecule has 2 saturated heterocycles. The van der Waals surface area contributed by atoms with Crippen LogP contribution in [0.2, 0.25) is 0 Å². The number of para-hydroxylation sites is 1. The average molecular weight is 676 g/mol. The molecule has 13 heteroatoms. The zero-order valence-electron chi connectivity index (χ0n) is 27.2.